The normalized spacial score (nSPS) is 23.5. The van der Waals surface area contributed by atoms with Gasteiger partial charge in [0, 0.05) is 24.3 Å². The Bertz CT molecular complexity index is 469. The molecular weight excluding hydrogens is 264 g/mol. The third-order valence-corrected chi connectivity index (χ3v) is 3.36. The van der Waals surface area contributed by atoms with Crippen LogP contribution in [0.2, 0.25) is 5.15 Å². The SMILES string of the molecule is CCc1cc(C(=O)N2CC(C)OC(C)C2)cc(Cl)n1. The number of carbonyl (C=O) groups is 1. The maximum Gasteiger partial charge on any atom is 0.254 e. The Morgan fingerprint density at radius 2 is 2.05 bits per heavy atom. The number of halogens is 1. The van der Waals surface area contributed by atoms with Gasteiger partial charge in [0.2, 0.25) is 0 Å². The summed E-state index contributed by atoms with van der Waals surface area (Å²) in [5.41, 5.74) is 1.45. The van der Waals surface area contributed by atoms with Gasteiger partial charge in [-0.25, -0.2) is 4.98 Å². The zero-order valence-corrected chi connectivity index (χ0v) is 12.3. The lowest BCUT2D eigenvalue weighted by Gasteiger charge is -2.35. The standard InChI is InChI=1S/C14H19ClN2O2/c1-4-12-5-11(6-13(15)16-12)14(18)17-7-9(2)19-10(3)8-17/h5-6,9-10H,4,7-8H2,1-3H3. The lowest BCUT2D eigenvalue weighted by molar-refractivity contribution is -0.0586. The summed E-state index contributed by atoms with van der Waals surface area (Å²) in [7, 11) is 0. The minimum Gasteiger partial charge on any atom is -0.372 e. The van der Waals surface area contributed by atoms with Gasteiger partial charge in [-0.15, -0.1) is 0 Å². The van der Waals surface area contributed by atoms with E-state index in [0.717, 1.165) is 12.1 Å². The maximum atomic E-state index is 12.5. The molecule has 0 saturated carbocycles. The summed E-state index contributed by atoms with van der Waals surface area (Å²) in [6, 6.07) is 3.45. The number of ether oxygens (including phenoxy) is 1. The minimum absolute atomic E-state index is 0.000926. The Hall–Kier alpha value is -1.13. The first kappa shape index (κ1) is 14.3. The van der Waals surface area contributed by atoms with Crippen molar-refractivity contribution < 1.29 is 9.53 Å². The number of nitrogens with zero attached hydrogens (tertiary/aromatic N) is 2. The highest BCUT2D eigenvalue weighted by atomic mass is 35.5. The van der Waals surface area contributed by atoms with Crippen LogP contribution in [0.4, 0.5) is 0 Å². The van der Waals surface area contributed by atoms with Crippen molar-refractivity contribution in [1.82, 2.24) is 9.88 Å². The second kappa shape index (κ2) is 5.88. The lowest BCUT2D eigenvalue weighted by atomic mass is 10.1. The van der Waals surface area contributed by atoms with Gasteiger partial charge in [-0.3, -0.25) is 4.79 Å². The van der Waals surface area contributed by atoms with E-state index in [1.165, 1.54) is 0 Å². The first-order chi connectivity index (χ1) is 8.99. The number of aromatic nitrogens is 1. The van der Waals surface area contributed by atoms with E-state index in [0.29, 0.717) is 23.8 Å². The molecule has 1 fully saturated rings. The van der Waals surface area contributed by atoms with Crippen LogP contribution >= 0.6 is 11.6 Å². The smallest absolute Gasteiger partial charge is 0.254 e. The van der Waals surface area contributed by atoms with Gasteiger partial charge < -0.3 is 9.64 Å². The molecule has 0 spiro atoms. The molecule has 0 bridgehead atoms. The fourth-order valence-corrected chi connectivity index (χ4v) is 2.61. The number of aryl methyl sites for hydroxylation is 1. The van der Waals surface area contributed by atoms with Crippen molar-refractivity contribution in [3.8, 4) is 0 Å². The molecule has 2 unspecified atom stereocenters. The Kier molecular flexibility index (Phi) is 4.42. The monoisotopic (exact) mass is 282 g/mol. The third-order valence-electron chi connectivity index (χ3n) is 3.16. The predicted molar refractivity (Wildman–Crippen MR) is 74.5 cm³/mol. The zero-order chi connectivity index (χ0) is 14.0. The summed E-state index contributed by atoms with van der Waals surface area (Å²) >= 11 is 5.96. The van der Waals surface area contributed by atoms with Crippen LogP contribution in [0.3, 0.4) is 0 Å². The first-order valence-corrected chi connectivity index (χ1v) is 6.98. The van der Waals surface area contributed by atoms with Crippen LogP contribution in [-0.2, 0) is 11.2 Å². The molecular formula is C14H19ClN2O2. The average Bonchev–Trinajstić information content (AvgIpc) is 2.35. The third kappa shape index (κ3) is 3.45. The number of hydrogen-bond acceptors (Lipinski definition) is 3. The highest BCUT2D eigenvalue weighted by molar-refractivity contribution is 6.29. The van der Waals surface area contributed by atoms with Crippen LogP contribution in [0.25, 0.3) is 0 Å². The second-order valence-electron chi connectivity index (χ2n) is 4.99. The molecule has 2 heterocycles. The Balaban J connectivity index is 2.21. The van der Waals surface area contributed by atoms with Crippen LogP contribution in [0.15, 0.2) is 12.1 Å². The van der Waals surface area contributed by atoms with E-state index >= 15 is 0 Å². The quantitative estimate of drug-likeness (QED) is 0.783. The predicted octanol–water partition coefficient (Wildman–Crippen LogP) is 2.55. The summed E-state index contributed by atoms with van der Waals surface area (Å²) < 4.78 is 5.64. The molecule has 1 aliphatic heterocycles. The van der Waals surface area contributed by atoms with E-state index in [4.69, 9.17) is 16.3 Å². The van der Waals surface area contributed by atoms with Crippen molar-refractivity contribution in [3.05, 3.63) is 28.5 Å². The molecule has 2 atom stereocenters. The fraction of sp³-hybridized carbons (Fsp3) is 0.571. The highest BCUT2D eigenvalue weighted by Crippen LogP contribution is 2.17. The topological polar surface area (TPSA) is 42.4 Å². The van der Waals surface area contributed by atoms with E-state index in [9.17, 15) is 4.79 Å². The van der Waals surface area contributed by atoms with Crippen LogP contribution in [0, 0.1) is 0 Å². The number of hydrogen-bond donors (Lipinski definition) is 0. The summed E-state index contributed by atoms with van der Waals surface area (Å²) in [4.78, 5) is 18.5. The average molecular weight is 283 g/mol. The van der Waals surface area contributed by atoms with Crippen molar-refractivity contribution in [3.63, 3.8) is 0 Å². The maximum absolute atomic E-state index is 12.5. The van der Waals surface area contributed by atoms with Crippen molar-refractivity contribution in [2.75, 3.05) is 13.1 Å². The van der Waals surface area contributed by atoms with E-state index in [2.05, 4.69) is 4.98 Å². The summed E-state index contributed by atoms with van der Waals surface area (Å²) in [6.45, 7) is 7.18. The lowest BCUT2D eigenvalue weighted by Crippen LogP contribution is -2.48. The van der Waals surface area contributed by atoms with E-state index in [1.54, 1.807) is 6.07 Å². The van der Waals surface area contributed by atoms with Gasteiger partial charge in [0.1, 0.15) is 5.15 Å². The molecule has 104 valence electrons. The summed E-state index contributed by atoms with van der Waals surface area (Å²) in [6.07, 6.45) is 0.892. The van der Waals surface area contributed by atoms with Crippen molar-refractivity contribution >= 4 is 17.5 Å². The largest absolute Gasteiger partial charge is 0.372 e. The summed E-state index contributed by atoms with van der Waals surface area (Å²) in [5, 5.41) is 0.372. The number of pyridine rings is 1. The van der Waals surface area contributed by atoms with Gasteiger partial charge >= 0.3 is 0 Å². The van der Waals surface area contributed by atoms with Gasteiger partial charge in [-0.1, -0.05) is 18.5 Å². The molecule has 4 nitrogen and oxygen atoms in total. The number of morpholine rings is 1. The van der Waals surface area contributed by atoms with Gasteiger partial charge in [-0.05, 0) is 32.4 Å². The minimum atomic E-state index is 0.000926. The van der Waals surface area contributed by atoms with Crippen LogP contribution in [-0.4, -0.2) is 41.1 Å². The molecule has 1 aliphatic rings. The van der Waals surface area contributed by atoms with Gasteiger partial charge in [0.25, 0.3) is 5.91 Å². The number of carbonyl (C=O) groups excluding carboxylic acids is 1. The Labute approximate surface area is 118 Å². The Morgan fingerprint density at radius 3 is 2.63 bits per heavy atom. The molecule has 5 heteroatoms. The fourth-order valence-electron chi connectivity index (χ4n) is 2.38. The molecule has 1 amide bonds. The highest BCUT2D eigenvalue weighted by Gasteiger charge is 2.26. The van der Waals surface area contributed by atoms with E-state index < -0.39 is 0 Å². The van der Waals surface area contributed by atoms with E-state index in [1.807, 2.05) is 31.7 Å². The second-order valence-corrected chi connectivity index (χ2v) is 5.38. The zero-order valence-electron chi connectivity index (χ0n) is 11.5. The molecule has 0 radical (unpaired) electrons. The van der Waals surface area contributed by atoms with Crippen LogP contribution in [0.1, 0.15) is 36.8 Å². The molecule has 2 rings (SSSR count). The molecule has 0 aromatic carbocycles. The number of amides is 1. The van der Waals surface area contributed by atoms with Gasteiger partial charge in [0.15, 0.2) is 0 Å². The van der Waals surface area contributed by atoms with Crippen molar-refractivity contribution in [2.24, 2.45) is 0 Å². The Morgan fingerprint density at radius 1 is 1.42 bits per heavy atom. The molecule has 1 aromatic rings. The van der Waals surface area contributed by atoms with Crippen LogP contribution < -0.4 is 0 Å². The molecule has 19 heavy (non-hydrogen) atoms. The molecule has 1 aromatic heterocycles. The van der Waals surface area contributed by atoms with Crippen molar-refractivity contribution in [1.29, 1.82) is 0 Å². The molecule has 1 saturated heterocycles. The van der Waals surface area contributed by atoms with Gasteiger partial charge in [0.05, 0.1) is 12.2 Å². The van der Waals surface area contributed by atoms with Crippen LogP contribution in [0.5, 0.6) is 0 Å². The summed E-state index contributed by atoms with van der Waals surface area (Å²) in [5.74, 6) is 0.000926. The number of rotatable bonds is 2. The van der Waals surface area contributed by atoms with Crippen molar-refractivity contribution in [2.45, 2.75) is 39.4 Å². The van der Waals surface area contributed by atoms with E-state index in [-0.39, 0.29) is 18.1 Å². The molecule has 0 aliphatic carbocycles. The van der Waals surface area contributed by atoms with Gasteiger partial charge in [-0.2, -0.15) is 0 Å². The molecule has 0 N–H and O–H groups in total. The first-order valence-electron chi connectivity index (χ1n) is 6.60.